The van der Waals surface area contributed by atoms with Crippen LogP contribution in [0.15, 0.2) is 60.8 Å². The van der Waals surface area contributed by atoms with Gasteiger partial charge in [-0.25, -0.2) is 14.2 Å². The number of hydrogen-bond donors (Lipinski definition) is 1. The molecule has 6 heteroatoms. The fourth-order valence-electron chi connectivity index (χ4n) is 3.72. The molecule has 4 rings (SSSR count). The lowest BCUT2D eigenvalue weighted by atomic mass is 9.96. The van der Waals surface area contributed by atoms with Crippen molar-refractivity contribution in [1.82, 2.24) is 4.98 Å². The van der Waals surface area contributed by atoms with E-state index in [0.29, 0.717) is 23.1 Å². The van der Waals surface area contributed by atoms with Gasteiger partial charge in [0.1, 0.15) is 12.4 Å². The molecule has 0 amide bonds. The van der Waals surface area contributed by atoms with Crippen molar-refractivity contribution in [2.24, 2.45) is 0 Å². The molecule has 0 atom stereocenters. The Kier molecular flexibility index (Phi) is 5.81. The first-order chi connectivity index (χ1) is 14.5. The minimum absolute atomic E-state index is 0.337. The second-order valence-electron chi connectivity index (χ2n) is 7.09. The van der Waals surface area contributed by atoms with E-state index in [1.807, 2.05) is 36.4 Å². The number of carbonyl (C=O) groups is 1. The highest BCUT2D eigenvalue weighted by atomic mass is 35.5. The number of benzene rings is 2. The third-order valence-electron chi connectivity index (χ3n) is 5.12. The molecule has 0 saturated heterocycles. The number of rotatable bonds is 6. The Balaban J connectivity index is 1.74. The second-order valence-corrected chi connectivity index (χ2v) is 7.53. The molecule has 1 heterocycles. The Morgan fingerprint density at radius 1 is 1.10 bits per heavy atom. The van der Waals surface area contributed by atoms with Gasteiger partial charge in [0, 0.05) is 11.8 Å². The summed E-state index contributed by atoms with van der Waals surface area (Å²) in [6.45, 7) is 0.366. The zero-order valence-electron chi connectivity index (χ0n) is 16.1. The Morgan fingerprint density at radius 2 is 1.87 bits per heavy atom. The Morgan fingerprint density at radius 3 is 2.63 bits per heavy atom. The average Bonchev–Trinajstić information content (AvgIpc) is 3.23. The third-order valence-corrected chi connectivity index (χ3v) is 5.33. The lowest BCUT2D eigenvalue weighted by molar-refractivity contribution is 0.0692. The summed E-state index contributed by atoms with van der Waals surface area (Å²) in [6.07, 6.45) is 3.97. The van der Waals surface area contributed by atoms with Crippen LogP contribution in [0.25, 0.3) is 11.1 Å². The monoisotopic (exact) mass is 423 g/mol. The predicted molar refractivity (Wildman–Crippen MR) is 114 cm³/mol. The molecule has 1 aliphatic rings. The van der Waals surface area contributed by atoms with Crippen LogP contribution in [-0.4, -0.2) is 16.1 Å². The Hall–Kier alpha value is -3.18. The number of ether oxygens (including phenoxy) is 1. The van der Waals surface area contributed by atoms with E-state index in [-0.39, 0.29) is 5.56 Å². The molecule has 0 unspecified atom stereocenters. The summed E-state index contributed by atoms with van der Waals surface area (Å²) >= 11 is 6.23. The number of pyridine rings is 1. The summed E-state index contributed by atoms with van der Waals surface area (Å²) in [5.74, 6) is -1.56. The molecule has 1 aliphatic carbocycles. The van der Waals surface area contributed by atoms with Gasteiger partial charge in [-0.2, -0.15) is 0 Å². The van der Waals surface area contributed by atoms with Crippen molar-refractivity contribution in [3.63, 3.8) is 0 Å². The molecule has 0 bridgehead atoms. The predicted octanol–water partition coefficient (Wildman–Crippen LogP) is 6.25. The molecule has 1 aromatic heterocycles. The van der Waals surface area contributed by atoms with Gasteiger partial charge in [0.05, 0.1) is 10.6 Å². The van der Waals surface area contributed by atoms with Crippen molar-refractivity contribution in [2.75, 3.05) is 0 Å². The molecule has 30 heavy (non-hydrogen) atoms. The second kappa shape index (κ2) is 8.67. The topological polar surface area (TPSA) is 59.4 Å². The summed E-state index contributed by atoms with van der Waals surface area (Å²) in [7, 11) is 0. The highest BCUT2D eigenvalue weighted by molar-refractivity contribution is 6.30. The number of hydrogen-bond acceptors (Lipinski definition) is 3. The van der Waals surface area contributed by atoms with E-state index in [0.717, 1.165) is 41.5 Å². The van der Waals surface area contributed by atoms with E-state index in [4.69, 9.17) is 16.3 Å². The standard InChI is InChI=1S/C24H19ClFNO3/c25-17-12-20(23(27-13-17)30-14-15-5-2-1-3-6-15)19-8-4-7-18(19)16-9-10-22(26)21(11-16)24(28)29/h1-3,5-6,9-13H,4,7-8,14H2,(H,28,29). The summed E-state index contributed by atoms with van der Waals surface area (Å²) in [5.41, 5.74) is 4.12. The van der Waals surface area contributed by atoms with Gasteiger partial charge in [0.25, 0.3) is 0 Å². The number of halogens is 2. The van der Waals surface area contributed by atoms with Crippen LogP contribution < -0.4 is 4.74 Å². The van der Waals surface area contributed by atoms with Crippen LogP contribution in [0.2, 0.25) is 5.02 Å². The van der Waals surface area contributed by atoms with Gasteiger partial charge in [0.2, 0.25) is 5.88 Å². The quantitative estimate of drug-likeness (QED) is 0.509. The van der Waals surface area contributed by atoms with Crippen LogP contribution in [0.4, 0.5) is 4.39 Å². The molecule has 2 aromatic carbocycles. The summed E-state index contributed by atoms with van der Waals surface area (Å²) in [4.78, 5) is 15.7. The van der Waals surface area contributed by atoms with Crippen molar-refractivity contribution in [3.05, 3.63) is 93.9 Å². The molecule has 0 fully saturated rings. The van der Waals surface area contributed by atoms with Crippen LogP contribution in [-0.2, 0) is 6.61 Å². The molecular weight excluding hydrogens is 405 g/mol. The smallest absolute Gasteiger partial charge is 0.338 e. The summed E-state index contributed by atoms with van der Waals surface area (Å²) in [6, 6.07) is 15.8. The largest absolute Gasteiger partial charge is 0.478 e. The zero-order valence-corrected chi connectivity index (χ0v) is 16.8. The lowest BCUT2D eigenvalue weighted by Gasteiger charge is -2.14. The number of aromatic nitrogens is 1. The van der Waals surface area contributed by atoms with E-state index < -0.39 is 11.8 Å². The average molecular weight is 424 g/mol. The van der Waals surface area contributed by atoms with Gasteiger partial charge >= 0.3 is 5.97 Å². The van der Waals surface area contributed by atoms with Crippen molar-refractivity contribution in [2.45, 2.75) is 25.9 Å². The number of nitrogens with zero attached hydrogens (tertiary/aromatic N) is 1. The minimum atomic E-state index is -1.29. The molecule has 3 aromatic rings. The van der Waals surface area contributed by atoms with Gasteiger partial charge in [-0.05, 0) is 59.7 Å². The Bertz CT molecular complexity index is 1130. The number of carboxylic acids is 1. The van der Waals surface area contributed by atoms with Crippen molar-refractivity contribution < 1.29 is 19.0 Å². The molecule has 0 spiro atoms. The fraction of sp³-hybridized carbons (Fsp3) is 0.167. The van der Waals surface area contributed by atoms with Crippen LogP contribution in [0, 0.1) is 5.82 Å². The van der Waals surface area contributed by atoms with Gasteiger partial charge in [-0.3, -0.25) is 0 Å². The number of aromatic carboxylic acids is 1. The first kappa shape index (κ1) is 20.1. The number of carboxylic acid groups (broad SMARTS) is 1. The highest BCUT2D eigenvalue weighted by Gasteiger charge is 2.23. The van der Waals surface area contributed by atoms with Gasteiger partial charge < -0.3 is 9.84 Å². The van der Waals surface area contributed by atoms with E-state index in [9.17, 15) is 14.3 Å². The SMILES string of the molecule is O=C(O)c1cc(C2=C(c3cc(Cl)cnc3OCc3ccccc3)CCC2)ccc1F. The van der Waals surface area contributed by atoms with E-state index in [1.165, 1.54) is 12.1 Å². The summed E-state index contributed by atoms with van der Waals surface area (Å²) < 4.78 is 19.9. The van der Waals surface area contributed by atoms with Crippen LogP contribution in [0.3, 0.4) is 0 Å². The van der Waals surface area contributed by atoms with Crippen LogP contribution in [0.5, 0.6) is 5.88 Å². The molecule has 0 radical (unpaired) electrons. The summed E-state index contributed by atoms with van der Waals surface area (Å²) in [5, 5.41) is 9.76. The molecule has 0 saturated carbocycles. The van der Waals surface area contributed by atoms with Gasteiger partial charge in [-0.15, -0.1) is 0 Å². The maximum absolute atomic E-state index is 13.9. The van der Waals surface area contributed by atoms with E-state index >= 15 is 0 Å². The molecule has 152 valence electrons. The maximum Gasteiger partial charge on any atom is 0.338 e. The molecule has 4 nitrogen and oxygen atoms in total. The zero-order chi connectivity index (χ0) is 21.1. The van der Waals surface area contributed by atoms with Crippen LogP contribution in [0.1, 0.15) is 46.3 Å². The Labute approximate surface area is 178 Å². The van der Waals surface area contributed by atoms with Crippen molar-refractivity contribution >= 4 is 28.7 Å². The highest BCUT2D eigenvalue weighted by Crippen LogP contribution is 2.43. The third kappa shape index (κ3) is 4.21. The van der Waals surface area contributed by atoms with Gasteiger partial charge in [-0.1, -0.05) is 48.0 Å². The van der Waals surface area contributed by atoms with Gasteiger partial charge in [0.15, 0.2) is 0 Å². The van der Waals surface area contributed by atoms with Crippen molar-refractivity contribution in [3.8, 4) is 5.88 Å². The van der Waals surface area contributed by atoms with Crippen LogP contribution >= 0.6 is 11.6 Å². The van der Waals surface area contributed by atoms with E-state index in [1.54, 1.807) is 12.3 Å². The molecule has 0 aliphatic heterocycles. The van der Waals surface area contributed by atoms with Crippen molar-refractivity contribution in [1.29, 1.82) is 0 Å². The lowest BCUT2D eigenvalue weighted by Crippen LogP contribution is -2.02. The molecular formula is C24H19ClFNO3. The normalized spacial score (nSPS) is 13.5. The first-order valence-electron chi connectivity index (χ1n) is 9.61. The molecule has 1 N–H and O–H groups in total. The number of allylic oxidation sites excluding steroid dienone is 2. The maximum atomic E-state index is 13.9. The minimum Gasteiger partial charge on any atom is -0.478 e. The fourth-order valence-corrected chi connectivity index (χ4v) is 3.88. The van der Waals surface area contributed by atoms with E-state index in [2.05, 4.69) is 4.98 Å². The first-order valence-corrected chi connectivity index (χ1v) is 9.98.